The van der Waals surface area contributed by atoms with E-state index in [1.165, 1.54) is 101 Å². The highest BCUT2D eigenvalue weighted by molar-refractivity contribution is 7.17. The number of nitrogens with zero attached hydrogens (tertiary/aromatic N) is 3. The van der Waals surface area contributed by atoms with E-state index in [0.29, 0.717) is 18.7 Å². The molecule has 8 heteroatoms. The molecule has 298 valence electrons. The number of rotatable bonds is 25. The van der Waals surface area contributed by atoms with Crippen molar-refractivity contribution in [2.24, 2.45) is 0 Å². The highest BCUT2D eigenvalue weighted by atomic mass is 32.1. The first-order chi connectivity index (χ1) is 26.5. The van der Waals surface area contributed by atoms with Gasteiger partial charge in [-0.05, 0) is 72.9 Å². The lowest BCUT2D eigenvalue weighted by atomic mass is 9.92. The fraction of sp³-hybridized carbons (Fsp3) is 0.652. The van der Waals surface area contributed by atoms with Crippen molar-refractivity contribution >= 4 is 44.7 Å². The van der Waals surface area contributed by atoms with Gasteiger partial charge in [-0.25, -0.2) is 4.39 Å². The van der Waals surface area contributed by atoms with Gasteiger partial charge in [0, 0.05) is 73.1 Å². The normalized spacial score (nSPS) is 15.6. The highest BCUT2D eigenvalue weighted by Crippen LogP contribution is 2.35. The second-order valence-electron chi connectivity index (χ2n) is 15.9. The summed E-state index contributed by atoms with van der Waals surface area (Å²) in [4.78, 5) is 32.3. The van der Waals surface area contributed by atoms with Crippen LogP contribution in [0, 0.1) is 5.82 Å². The fourth-order valence-electron chi connectivity index (χ4n) is 8.61. The van der Waals surface area contributed by atoms with Crippen LogP contribution in [-0.2, 0) is 27.2 Å². The first-order valence-corrected chi connectivity index (χ1v) is 22.5. The molecule has 1 unspecified atom stereocenters. The van der Waals surface area contributed by atoms with E-state index in [-0.39, 0.29) is 17.8 Å². The summed E-state index contributed by atoms with van der Waals surface area (Å²) in [6.07, 6.45) is 24.9. The van der Waals surface area contributed by atoms with Crippen molar-refractivity contribution in [3.8, 4) is 0 Å². The van der Waals surface area contributed by atoms with Crippen LogP contribution in [0.4, 0.5) is 15.8 Å². The van der Waals surface area contributed by atoms with E-state index >= 15 is 0 Å². The third-order valence-corrected chi connectivity index (χ3v) is 12.7. The summed E-state index contributed by atoms with van der Waals surface area (Å²) in [6, 6.07) is 12.6. The lowest BCUT2D eigenvalue weighted by Gasteiger charge is -2.37. The number of methoxy groups -OCH3 is 1. The lowest BCUT2D eigenvalue weighted by Crippen LogP contribution is -2.47. The Morgan fingerprint density at radius 1 is 0.778 bits per heavy atom. The van der Waals surface area contributed by atoms with Crippen LogP contribution in [0.1, 0.15) is 146 Å². The zero-order valence-corrected chi connectivity index (χ0v) is 34.4. The smallest absolute Gasteiger partial charge is 0.305 e. The van der Waals surface area contributed by atoms with E-state index in [4.69, 9.17) is 4.74 Å². The van der Waals surface area contributed by atoms with Crippen molar-refractivity contribution in [2.75, 3.05) is 49.6 Å². The van der Waals surface area contributed by atoms with Gasteiger partial charge in [0.25, 0.3) is 0 Å². The summed E-state index contributed by atoms with van der Waals surface area (Å²) in [5.41, 5.74) is 4.82. The molecule has 0 bridgehead atoms. The van der Waals surface area contributed by atoms with Gasteiger partial charge in [-0.1, -0.05) is 115 Å². The molecule has 0 spiro atoms. The first kappa shape index (κ1) is 42.2. The molecule has 3 heterocycles. The average Bonchev–Trinajstić information content (AvgIpc) is 3.66. The number of fused-ring (bicyclic) bond motifs is 2. The van der Waals surface area contributed by atoms with Crippen LogP contribution in [-0.4, -0.2) is 62.7 Å². The molecule has 5 rings (SSSR count). The standard InChI is InChI=1S/C46H68FN3O3S/c1-3-4-5-6-7-8-9-10-13-16-19-40(20-17-14-11-12-15-18-21-46(52)53-2)50-42-34-37(22-23-38(42)24-25-45(50)51)26-28-48-29-31-49(32-30-48)43-35-39(47)36-44-41(43)27-33-54-44/h22-23,27,33-36,40H,3-21,24-26,28-32H2,1-2H3. The van der Waals surface area contributed by atoms with E-state index < -0.39 is 0 Å². The highest BCUT2D eigenvalue weighted by Gasteiger charge is 2.30. The van der Waals surface area contributed by atoms with Crippen LogP contribution in [0.2, 0.25) is 0 Å². The van der Waals surface area contributed by atoms with E-state index in [0.717, 1.165) is 99.9 Å². The Labute approximate surface area is 329 Å². The van der Waals surface area contributed by atoms with E-state index in [1.807, 2.05) is 0 Å². The van der Waals surface area contributed by atoms with E-state index in [2.05, 4.69) is 51.3 Å². The summed E-state index contributed by atoms with van der Waals surface area (Å²) in [5, 5.41) is 3.21. The van der Waals surface area contributed by atoms with E-state index in [9.17, 15) is 14.0 Å². The fourth-order valence-corrected chi connectivity index (χ4v) is 9.44. The van der Waals surface area contributed by atoms with Gasteiger partial charge in [-0.2, -0.15) is 0 Å². The summed E-state index contributed by atoms with van der Waals surface area (Å²) in [5.74, 6) is 0.0320. The Bertz CT molecular complexity index is 1570. The van der Waals surface area contributed by atoms with Gasteiger partial charge in [0.2, 0.25) is 5.91 Å². The minimum Gasteiger partial charge on any atom is -0.469 e. The molecule has 54 heavy (non-hydrogen) atoms. The first-order valence-electron chi connectivity index (χ1n) is 21.6. The third kappa shape index (κ3) is 13.1. The number of thiophene rings is 1. The number of aryl methyl sites for hydroxylation is 1. The average molecular weight is 762 g/mol. The maximum atomic E-state index is 14.4. The molecular weight excluding hydrogens is 694 g/mol. The van der Waals surface area contributed by atoms with Crippen LogP contribution < -0.4 is 9.80 Å². The molecule has 0 radical (unpaired) electrons. The van der Waals surface area contributed by atoms with Crippen LogP contribution in [0.25, 0.3) is 10.1 Å². The van der Waals surface area contributed by atoms with Crippen LogP contribution in [0.5, 0.6) is 0 Å². The molecule has 1 aromatic heterocycles. The van der Waals surface area contributed by atoms with Gasteiger partial charge in [-0.15, -0.1) is 11.3 Å². The number of amides is 1. The van der Waals surface area contributed by atoms with Gasteiger partial charge in [0.15, 0.2) is 0 Å². The summed E-state index contributed by atoms with van der Waals surface area (Å²) < 4.78 is 20.2. The number of anilines is 2. The van der Waals surface area contributed by atoms with Gasteiger partial charge in [0.1, 0.15) is 5.82 Å². The number of piperazine rings is 1. The molecule has 0 aliphatic carbocycles. The van der Waals surface area contributed by atoms with Crippen LogP contribution in [0.3, 0.4) is 0 Å². The number of hydrogen-bond donors (Lipinski definition) is 0. The van der Waals surface area contributed by atoms with Gasteiger partial charge >= 0.3 is 5.97 Å². The minimum atomic E-state index is -0.155. The Morgan fingerprint density at radius 3 is 2.09 bits per heavy atom. The van der Waals surface area contributed by atoms with Crippen molar-refractivity contribution in [2.45, 2.75) is 154 Å². The Morgan fingerprint density at radius 2 is 1.43 bits per heavy atom. The molecule has 3 aromatic rings. The summed E-state index contributed by atoms with van der Waals surface area (Å²) in [6.45, 7) is 6.98. The van der Waals surface area contributed by atoms with Crippen LogP contribution >= 0.6 is 11.3 Å². The number of carbonyl (C=O) groups is 2. The molecule has 0 N–H and O–H groups in total. The molecule has 2 aliphatic heterocycles. The van der Waals surface area contributed by atoms with Gasteiger partial charge in [0.05, 0.1) is 7.11 Å². The number of carbonyl (C=O) groups excluding carboxylic acids is 2. The predicted octanol–water partition coefficient (Wildman–Crippen LogP) is 11.7. The maximum absolute atomic E-state index is 14.4. The number of unbranched alkanes of at least 4 members (excludes halogenated alkanes) is 14. The number of esters is 1. The number of ether oxygens (including phenoxy) is 1. The number of hydrogen-bond acceptors (Lipinski definition) is 6. The topological polar surface area (TPSA) is 53.1 Å². The van der Waals surface area contributed by atoms with Crippen molar-refractivity contribution in [3.05, 3.63) is 58.7 Å². The summed E-state index contributed by atoms with van der Waals surface area (Å²) >= 11 is 1.60. The zero-order chi connectivity index (χ0) is 38.0. The molecule has 2 aromatic carbocycles. The Balaban J connectivity index is 1.14. The second-order valence-corrected chi connectivity index (χ2v) is 16.9. The third-order valence-electron chi connectivity index (χ3n) is 11.9. The SMILES string of the molecule is CCCCCCCCCCCCC(CCCCCCCCC(=O)OC)N1C(=O)CCc2ccc(CCN3CCN(c4cc(F)cc5sccc45)CC3)cc21. The molecular formula is C46H68FN3O3S. The van der Waals surface area contributed by atoms with Gasteiger partial charge < -0.3 is 14.5 Å². The molecule has 1 fully saturated rings. The molecule has 6 nitrogen and oxygen atoms in total. The molecule has 1 amide bonds. The summed E-state index contributed by atoms with van der Waals surface area (Å²) in [7, 11) is 1.46. The molecule has 1 saturated heterocycles. The van der Waals surface area contributed by atoms with Crippen LogP contribution in [0.15, 0.2) is 41.8 Å². The maximum Gasteiger partial charge on any atom is 0.305 e. The quantitative estimate of drug-likeness (QED) is 0.0636. The van der Waals surface area contributed by atoms with Crippen molar-refractivity contribution in [1.82, 2.24) is 4.90 Å². The van der Waals surface area contributed by atoms with E-state index in [1.54, 1.807) is 23.5 Å². The van der Waals surface area contributed by atoms with Gasteiger partial charge in [-0.3, -0.25) is 14.5 Å². The van der Waals surface area contributed by atoms with Crippen molar-refractivity contribution in [3.63, 3.8) is 0 Å². The Kier molecular flexibility index (Phi) is 18.1. The number of halogens is 1. The predicted molar refractivity (Wildman–Crippen MR) is 226 cm³/mol. The molecule has 1 atom stereocenters. The second kappa shape index (κ2) is 23.2. The monoisotopic (exact) mass is 761 g/mol. The number of benzene rings is 2. The van der Waals surface area contributed by atoms with Crippen molar-refractivity contribution in [1.29, 1.82) is 0 Å². The minimum absolute atomic E-state index is 0.111. The lowest BCUT2D eigenvalue weighted by molar-refractivity contribution is -0.140. The van der Waals surface area contributed by atoms with Crippen molar-refractivity contribution < 1.29 is 18.7 Å². The zero-order valence-electron chi connectivity index (χ0n) is 33.6. The molecule has 0 saturated carbocycles. The molecule has 2 aliphatic rings. The largest absolute Gasteiger partial charge is 0.469 e. The Hall–Kier alpha value is -2.97.